The molecule has 0 spiro atoms. The summed E-state index contributed by atoms with van der Waals surface area (Å²) >= 11 is 0. The average molecular weight is 428 g/mol. The first-order valence-electron chi connectivity index (χ1n) is 10.4. The largest absolute Gasteiger partial charge is 0.392 e. The number of nitrogens with zero attached hydrogens (tertiary/aromatic N) is 2. The van der Waals surface area contributed by atoms with Crippen LogP contribution < -0.4 is 21.3 Å². The van der Waals surface area contributed by atoms with E-state index in [0.29, 0.717) is 5.82 Å². The quantitative estimate of drug-likeness (QED) is 0.476. The summed E-state index contributed by atoms with van der Waals surface area (Å²) in [6.07, 6.45) is 0.726. The topological polar surface area (TPSA) is 141 Å². The third-order valence-corrected chi connectivity index (χ3v) is 5.72. The normalized spacial score (nSPS) is 23.1. The molecule has 4 rings (SSSR count). The van der Waals surface area contributed by atoms with Gasteiger partial charge >= 0.3 is 17.8 Å². The van der Waals surface area contributed by atoms with E-state index < -0.39 is 5.91 Å². The van der Waals surface area contributed by atoms with Crippen molar-refractivity contribution in [2.24, 2.45) is 0 Å². The lowest BCUT2D eigenvalue weighted by molar-refractivity contribution is 0.0907. The summed E-state index contributed by atoms with van der Waals surface area (Å²) in [7, 11) is 0. The molecule has 3 heterocycles. The lowest BCUT2D eigenvalue weighted by Crippen LogP contribution is -2.53. The summed E-state index contributed by atoms with van der Waals surface area (Å²) in [5, 5.41) is 25.7. The van der Waals surface area contributed by atoms with E-state index in [0.717, 1.165) is 29.7 Å². The first kappa shape index (κ1) is 21.3. The number of aliphatic hydroxyl groups is 1. The number of carbonyl (C=O) groups is 2. The predicted octanol–water partition coefficient (Wildman–Crippen LogP) is 0.874. The van der Waals surface area contributed by atoms with Crippen molar-refractivity contribution >= 4 is 11.9 Å². The van der Waals surface area contributed by atoms with Crippen molar-refractivity contribution in [1.82, 2.24) is 31.4 Å². The fraction of sp³-hybridized carbons (Fsp3) is 0.524. The highest BCUT2D eigenvalue weighted by atomic mass is 16.5. The standard InChI is InChI=1S/C21H28N6O4/c1-21(2,3)19-26-18(31-27-19)17(29)23-9-11-4-5-13(12(8-11)10-28)14-6-7-22-16-15(14)24-20(30)25-16/h4-5,8,14-16,22,28H,6-7,9-10H2,1-3H3,(H,23,29)(H2,24,25,30). The van der Waals surface area contributed by atoms with Gasteiger partial charge in [-0.25, -0.2) is 4.79 Å². The second kappa shape index (κ2) is 8.27. The third-order valence-electron chi connectivity index (χ3n) is 5.72. The predicted molar refractivity (Wildman–Crippen MR) is 111 cm³/mol. The molecule has 0 radical (unpaired) electrons. The van der Waals surface area contributed by atoms with E-state index in [1.807, 2.05) is 39.0 Å². The fourth-order valence-electron chi connectivity index (χ4n) is 4.09. The van der Waals surface area contributed by atoms with Crippen LogP contribution in [0.25, 0.3) is 0 Å². The summed E-state index contributed by atoms with van der Waals surface area (Å²) in [6, 6.07) is 5.51. The van der Waals surface area contributed by atoms with Gasteiger partial charge in [-0.05, 0) is 29.7 Å². The Labute approximate surface area is 180 Å². The molecule has 2 saturated heterocycles. The Balaban J connectivity index is 1.45. The molecular weight excluding hydrogens is 400 g/mol. The van der Waals surface area contributed by atoms with Gasteiger partial charge in [0.1, 0.15) is 6.17 Å². The van der Waals surface area contributed by atoms with Crippen molar-refractivity contribution in [2.75, 3.05) is 6.54 Å². The molecule has 3 amide bonds. The first-order chi connectivity index (χ1) is 14.8. The molecule has 2 fully saturated rings. The van der Waals surface area contributed by atoms with Crippen LogP contribution in [0.2, 0.25) is 0 Å². The Morgan fingerprint density at radius 2 is 2.13 bits per heavy atom. The molecule has 2 aliphatic rings. The fourth-order valence-corrected chi connectivity index (χ4v) is 4.09. The summed E-state index contributed by atoms with van der Waals surface area (Å²) in [5.41, 5.74) is 2.32. The number of hydrogen-bond acceptors (Lipinski definition) is 7. The van der Waals surface area contributed by atoms with Crippen LogP contribution >= 0.6 is 0 Å². The number of nitrogens with one attached hydrogen (secondary N) is 4. The maximum Gasteiger partial charge on any atom is 0.316 e. The van der Waals surface area contributed by atoms with Gasteiger partial charge in [-0.3, -0.25) is 10.1 Å². The maximum absolute atomic E-state index is 12.4. The van der Waals surface area contributed by atoms with E-state index in [1.165, 1.54) is 0 Å². The summed E-state index contributed by atoms with van der Waals surface area (Å²) in [4.78, 5) is 28.3. The molecule has 31 heavy (non-hydrogen) atoms. The number of urea groups is 1. The first-order valence-corrected chi connectivity index (χ1v) is 10.4. The lowest BCUT2D eigenvalue weighted by atomic mass is 9.82. The minimum Gasteiger partial charge on any atom is -0.392 e. The van der Waals surface area contributed by atoms with E-state index in [-0.39, 0.29) is 48.6 Å². The molecule has 3 atom stereocenters. The van der Waals surface area contributed by atoms with E-state index in [1.54, 1.807) is 0 Å². The minimum atomic E-state index is -0.446. The highest BCUT2D eigenvalue weighted by molar-refractivity contribution is 5.89. The van der Waals surface area contributed by atoms with Crippen molar-refractivity contribution in [2.45, 2.75) is 63.9 Å². The number of amides is 3. The molecule has 3 unspecified atom stereocenters. The highest BCUT2D eigenvalue weighted by Gasteiger charge is 2.41. The van der Waals surface area contributed by atoms with Crippen molar-refractivity contribution in [3.63, 3.8) is 0 Å². The molecule has 10 heteroatoms. The van der Waals surface area contributed by atoms with Gasteiger partial charge < -0.3 is 25.6 Å². The molecule has 10 nitrogen and oxygen atoms in total. The van der Waals surface area contributed by atoms with Crippen molar-refractivity contribution < 1.29 is 19.2 Å². The van der Waals surface area contributed by atoms with Gasteiger partial charge in [0.2, 0.25) is 0 Å². The number of fused-ring (bicyclic) bond motifs is 1. The number of hydrogen-bond donors (Lipinski definition) is 5. The SMILES string of the molecule is CC(C)(C)c1noc(C(=O)NCc2ccc(C3CCNC4NC(=O)NC43)c(CO)c2)n1. The van der Waals surface area contributed by atoms with Gasteiger partial charge in [0.15, 0.2) is 5.82 Å². The Bertz CT molecular complexity index is 982. The Hall–Kier alpha value is -2.98. The third kappa shape index (κ3) is 4.40. The van der Waals surface area contributed by atoms with Crippen LogP contribution in [0, 0.1) is 0 Å². The lowest BCUT2D eigenvalue weighted by Gasteiger charge is -2.34. The van der Waals surface area contributed by atoms with E-state index in [4.69, 9.17) is 4.52 Å². The zero-order valence-electron chi connectivity index (χ0n) is 17.9. The molecule has 0 aliphatic carbocycles. The van der Waals surface area contributed by atoms with Gasteiger partial charge in [0.05, 0.1) is 12.6 Å². The zero-order chi connectivity index (χ0) is 22.2. The smallest absolute Gasteiger partial charge is 0.316 e. The number of piperidine rings is 1. The van der Waals surface area contributed by atoms with Crippen LogP contribution in [-0.4, -0.2) is 45.9 Å². The van der Waals surface area contributed by atoms with Gasteiger partial charge in [0.25, 0.3) is 0 Å². The van der Waals surface area contributed by atoms with Crippen LogP contribution in [0.15, 0.2) is 22.7 Å². The molecule has 5 N–H and O–H groups in total. The van der Waals surface area contributed by atoms with E-state index >= 15 is 0 Å². The Morgan fingerprint density at radius 1 is 1.32 bits per heavy atom. The second-order valence-electron chi connectivity index (χ2n) is 9.02. The molecule has 0 saturated carbocycles. The van der Waals surface area contributed by atoms with Gasteiger partial charge in [0, 0.05) is 17.9 Å². The summed E-state index contributed by atoms with van der Waals surface area (Å²) < 4.78 is 5.07. The van der Waals surface area contributed by atoms with E-state index in [2.05, 4.69) is 31.4 Å². The Morgan fingerprint density at radius 3 is 2.84 bits per heavy atom. The molecule has 1 aromatic carbocycles. The summed E-state index contributed by atoms with van der Waals surface area (Å²) in [6.45, 7) is 6.73. The van der Waals surface area contributed by atoms with Crippen molar-refractivity contribution in [3.8, 4) is 0 Å². The molecule has 166 valence electrons. The number of rotatable bonds is 5. The molecule has 1 aromatic heterocycles. The molecule has 2 aromatic rings. The molecule has 2 aliphatic heterocycles. The number of carbonyl (C=O) groups excluding carboxylic acids is 2. The van der Waals surface area contributed by atoms with Crippen molar-refractivity contribution in [1.29, 1.82) is 0 Å². The minimum absolute atomic E-state index is 0.0749. The Kier molecular flexibility index (Phi) is 5.67. The van der Waals surface area contributed by atoms with Crippen molar-refractivity contribution in [3.05, 3.63) is 46.6 Å². The van der Waals surface area contributed by atoms with Gasteiger partial charge in [-0.15, -0.1) is 0 Å². The van der Waals surface area contributed by atoms with Crippen LogP contribution in [0.3, 0.4) is 0 Å². The van der Waals surface area contributed by atoms with Crippen LogP contribution in [0.5, 0.6) is 0 Å². The van der Waals surface area contributed by atoms with Crippen LogP contribution in [0.1, 0.15) is 66.3 Å². The monoisotopic (exact) mass is 428 g/mol. The van der Waals surface area contributed by atoms with Gasteiger partial charge in [-0.1, -0.05) is 44.1 Å². The van der Waals surface area contributed by atoms with Crippen LogP contribution in [-0.2, 0) is 18.6 Å². The van der Waals surface area contributed by atoms with E-state index in [9.17, 15) is 14.7 Å². The van der Waals surface area contributed by atoms with Gasteiger partial charge in [-0.2, -0.15) is 4.98 Å². The number of aliphatic hydroxyl groups excluding tert-OH is 1. The second-order valence-corrected chi connectivity index (χ2v) is 9.02. The highest BCUT2D eigenvalue weighted by Crippen LogP contribution is 2.32. The summed E-state index contributed by atoms with van der Waals surface area (Å²) in [5.74, 6) is 0.0382. The maximum atomic E-state index is 12.4. The molecular formula is C21H28N6O4. The zero-order valence-corrected chi connectivity index (χ0v) is 17.9. The van der Waals surface area contributed by atoms with Crippen LogP contribution in [0.4, 0.5) is 4.79 Å². The number of aromatic nitrogens is 2. The average Bonchev–Trinajstić information content (AvgIpc) is 3.37. The number of benzene rings is 1. The molecule has 0 bridgehead atoms.